The number of hydrogen-bond acceptors (Lipinski definition) is 5. The largest absolute Gasteiger partial charge is 0.466 e. The van der Waals surface area contributed by atoms with E-state index in [9.17, 15) is 0 Å². The van der Waals surface area contributed by atoms with Crippen molar-refractivity contribution in [3.05, 3.63) is 198 Å². The number of aromatic nitrogens is 2. The van der Waals surface area contributed by atoms with Crippen molar-refractivity contribution in [3.63, 3.8) is 0 Å². The molecule has 17 rings (SSSR count). The van der Waals surface area contributed by atoms with Crippen molar-refractivity contribution in [2.75, 3.05) is 4.90 Å². The van der Waals surface area contributed by atoms with E-state index in [0.717, 1.165) is 28.2 Å². The van der Waals surface area contributed by atoms with Gasteiger partial charge in [-0.05, 0) is 94.1 Å². The van der Waals surface area contributed by atoms with Gasteiger partial charge in [-0.25, -0.2) is 4.99 Å². The fourth-order valence-corrected chi connectivity index (χ4v) is 15.3. The minimum Gasteiger partial charge on any atom is -0.466 e. The molecule has 9 unspecified atom stereocenters. The number of thioether (sulfide) groups is 1. The maximum Gasteiger partial charge on any atom is 0.211 e. The zero-order chi connectivity index (χ0) is 42.5. The molecule has 0 saturated heterocycles. The maximum absolute atomic E-state index is 6.74. The quantitative estimate of drug-likeness (QED) is 0.188. The van der Waals surface area contributed by atoms with E-state index < -0.39 is 6.23 Å². The van der Waals surface area contributed by atoms with Crippen LogP contribution in [0.2, 0.25) is 0 Å². The summed E-state index contributed by atoms with van der Waals surface area (Å²) in [4.78, 5) is 10.0. The Morgan fingerprint density at radius 2 is 1.36 bits per heavy atom. The summed E-state index contributed by atoms with van der Waals surface area (Å²) in [5, 5.41) is 9.85. The smallest absolute Gasteiger partial charge is 0.211 e. The van der Waals surface area contributed by atoms with Crippen molar-refractivity contribution in [1.82, 2.24) is 14.5 Å². The van der Waals surface area contributed by atoms with E-state index in [1.165, 1.54) is 88.7 Å². The number of allylic oxidation sites excluding steroid dienone is 4. The highest BCUT2D eigenvalue weighted by Gasteiger charge is 2.58. The van der Waals surface area contributed by atoms with Gasteiger partial charge in [-0.15, -0.1) is 11.8 Å². The number of nitrogens with zero attached hydrogens (tertiary/aromatic N) is 4. The van der Waals surface area contributed by atoms with Crippen molar-refractivity contribution >= 4 is 78.2 Å². The molecule has 6 heterocycles. The van der Waals surface area contributed by atoms with Gasteiger partial charge in [0.1, 0.15) is 11.9 Å². The number of ether oxygens (including phenoxy) is 1. The van der Waals surface area contributed by atoms with E-state index >= 15 is 0 Å². The van der Waals surface area contributed by atoms with Gasteiger partial charge in [0.25, 0.3) is 0 Å². The highest BCUT2D eigenvalue weighted by atomic mass is 32.2. The third-order valence-electron chi connectivity index (χ3n) is 16.5. The molecule has 1 N–H and O–H groups in total. The second kappa shape index (κ2) is 12.4. The van der Waals surface area contributed by atoms with E-state index in [1.54, 1.807) is 0 Å². The van der Waals surface area contributed by atoms with Crippen LogP contribution in [0.3, 0.4) is 0 Å². The minimum absolute atomic E-state index is 0.129. The Kier molecular flexibility index (Phi) is 6.63. The average Bonchev–Trinajstić information content (AvgIpc) is 3.67. The van der Waals surface area contributed by atoms with Crippen LogP contribution < -0.4 is 15.0 Å². The molecule has 9 atom stereocenters. The zero-order valence-corrected chi connectivity index (χ0v) is 36.6. The van der Waals surface area contributed by atoms with E-state index in [1.807, 2.05) is 0 Å². The van der Waals surface area contributed by atoms with Gasteiger partial charge in [-0.2, -0.15) is 0 Å². The number of benzene rings is 7. The molecule has 0 spiro atoms. The Bertz CT molecular complexity index is 3780. The maximum atomic E-state index is 6.74. The molecule has 314 valence electrons. The standard InChI is InChI=1S/C59H41N5OS/c1-2-14-33-32(13-1)37-19-11-23-44-50(37)52-46(28-27-45-53(52)51-41(33)30-31-29-40(31)55(51)62(45)47-24-12-20-38-36-17-6-10-26-49(36)66-56(38)47)64(44)57-58(61-59-54(60-57)39-18-5-9-25-48(39)65-59)63-42-21-7-3-15-34(42)35-16-4-8-22-43(35)63/h1-28,30-31,36,40,49,51,54-55,57,59-60H,29H2. The fourth-order valence-electron chi connectivity index (χ4n) is 13.8. The molecular weight excluding hydrogens is 827 g/mol. The summed E-state index contributed by atoms with van der Waals surface area (Å²) < 4.78 is 11.8. The summed E-state index contributed by atoms with van der Waals surface area (Å²) in [5.41, 5.74) is 17.1. The zero-order valence-electron chi connectivity index (χ0n) is 35.8. The third kappa shape index (κ3) is 4.33. The van der Waals surface area contributed by atoms with Crippen LogP contribution in [0.25, 0.3) is 60.3 Å². The first-order valence-electron chi connectivity index (χ1n) is 23.7. The van der Waals surface area contributed by atoms with E-state index in [0.29, 0.717) is 29.0 Å². The molecule has 4 aliphatic heterocycles. The van der Waals surface area contributed by atoms with Crippen molar-refractivity contribution < 1.29 is 4.74 Å². The third-order valence-corrected chi connectivity index (χ3v) is 17.9. The van der Waals surface area contributed by atoms with E-state index in [4.69, 9.17) is 9.73 Å². The van der Waals surface area contributed by atoms with Gasteiger partial charge < -0.3 is 14.2 Å². The number of fused-ring (bicyclic) bond motifs is 14. The van der Waals surface area contributed by atoms with Crippen LogP contribution in [0.4, 0.5) is 11.4 Å². The first kappa shape index (κ1) is 35.2. The predicted octanol–water partition coefficient (Wildman–Crippen LogP) is 13.4. The SMILES string of the molecule is C1=CC2Sc3c(cccc3N3c4ccc5c6c4C4C(=CC7CC7C43)c3ccccc3-c3cccc(c36)n5C3NC4c5ccccc5OC4N=C3n3c4ccccc4c4ccccc43)C2C=C1. The summed E-state index contributed by atoms with van der Waals surface area (Å²) in [6.07, 6.45) is 12.5. The highest BCUT2D eigenvalue weighted by molar-refractivity contribution is 8.00. The lowest BCUT2D eigenvalue weighted by atomic mass is 9.73. The van der Waals surface area contributed by atoms with Crippen LogP contribution in [0, 0.1) is 11.8 Å². The molecule has 0 amide bonds. The molecule has 8 aliphatic rings. The first-order valence-corrected chi connectivity index (χ1v) is 24.6. The van der Waals surface area contributed by atoms with Gasteiger partial charge in [0.15, 0.2) is 5.84 Å². The second-order valence-corrected chi connectivity index (χ2v) is 20.7. The van der Waals surface area contributed by atoms with Gasteiger partial charge in [-0.1, -0.05) is 134 Å². The molecule has 66 heavy (non-hydrogen) atoms. The van der Waals surface area contributed by atoms with Crippen molar-refractivity contribution in [2.45, 2.75) is 52.9 Å². The van der Waals surface area contributed by atoms with Crippen molar-refractivity contribution in [1.29, 1.82) is 0 Å². The number of aliphatic imine (C=N–C) groups is 1. The Hall–Kier alpha value is -7.06. The summed E-state index contributed by atoms with van der Waals surface area (Å²) >= 11 is 2.07. The van der Waals surface area contributed by atoms with E-state index in [2.05, 4.69) is 207 Å². The second-order valence-electron chi connectivity index (χ2n) is 19.6. The molecule has 0 radical (unpaired) electrons. The Morgan fingerprint density at radius 1 is 0.636 bits per heavy atom. The number of nitrogens with one attached hydrogen (secondary N) is 1. The number of anilines is 2. The van der Waals surface area contributed by atoms with Gasteiger partial charge in [-0.3, -0.25) is 9.88 Å². The van der Waals surface area contributed by atoms with Crippen LogP contribution in [0.1, 0.15) is 52.7 Å². The molecule has 7 aromatic carbocycles. The lowest BCUT2D eigenvalue weighted by Gasteiger charge is -2.36. The number of hydrogen-bond donors (Lipinski definition) is 1. The topological polar surface area (TPSA) is 46.7 Å². The molecule has 2 aromatic heterocycles. The monoisotopic (exact) mass is 867 g/mol. The van der Waals surface area contributed by atoms with Crippen LogP contribution in [0.5, 0.6) is 5.75 Å². The lowest BCUT2D eigenvalue weighted by Crippen LogP contribution is -2.47. The predicted molar refractivity (Wildman–Crippen MR) is 268 cm³/mol. The summed E-state index contributed by atoms with van der Waals surface area (Å²) in [7, 11) is 0. The Morgan fingerprint density at radius 3 is 2.26 bits per heavy atom. The molecule has 4 aliphatic carbocycles. The highest BCUT2D eigenvalue weighted by Crippen LogP contribution is 2.68. The summed E-state index contributed by atoms with van der Waals surface area (Å²) in [6.45, 7) is 0. The molecule has 0 bridgehead atoms. The number of para-hydroxylation sites is 3. The molecule has 7 heteroatoms. The first-order chi connectivity index (χ1) is 32.8. The molecule has 1 fully saturated rings. The van der Waals surface area contributed by atoms with Crippen LogP contribution >= 0.6 is 11.8 Å². The summed E-state index contributed by atoms with van der Waals surface area (Å²) in [5.74, 6) is 3.63. The van der Waals surface area contributed by atoms with Crippen LogP contribution in [0.15, 0.2) is 186 Å². The fraction of sp³-hybridized carbons (Fsp3) is 0.169. The lowest BCUT2D eigenvalue weighted by molar-refractivity contribution is 0.178. The van der Waals surface area contributed by atoms with Crippen molar-refractivity contribution in [3.8, 4) is 16.9 Å². The average molecular weight is 868 g/mol. The molecule has 1 saturated carbocycles. The Balaban J connectivity index is 0.978. The molecule has 9 aromatic rings. The number of rotatable bonds is 2. The van der Waals surface area contributed by atoms with E-state index in [-0.39, 0.29) is 18.1 Å². The summed E-state index contributed by atoms with van der Waals surface area (Å²) in [6, 6.07) is 54.7. The van der Waals surface area contributed by atoms with Crippen LogP contribution in [-0.2, 0) is 0 Å². The van der Waals surface area contributed by atoms with Crippen molar-refractivity contribution in [2.24, 2.45) is 16.8 Å². The minimum atomic E-state index is -0.411. The van der Waals surface area contributed by atoms with Crippen LogP contribution in [-0.4, -0.2) is 32.5 Å². The van der Waals surface area contributed by atoms with Gasteiger partial charge in [0.2, 0.25) is 6.23 Å². The van der Waals surface area contributed by atoms with Gasteiger partial charge in [0, 0.05) is 60.8 Å². The molecular formula is C59H41N5OS. The normalized spacial score (nSPS) is 27.5. The van der Waals surface area contributed by atoms with Gasteiger partial charge >= 0.3 is 0 Å². The van der Waals surface area contributed by atoms with Gasteiger partial charge in [0.05, 0.1) is 33.8 Å². The Labute approximate surface area is 385 Å². The molecule has 6 nitrogen and oxygen atoms in total.